The van der Waals surface area contributed by atoms with Crippen molar-refractivity contribution in [3.05, 3.63) is 33.3 Å². The topological polar surface area (TPSA) is 46.3 Å². The number of carbonyl (C=O) groups is 1. The second-order valence-corrected chi connectivity index (χ2v) is 6.41. The molecule has 1 aromatic rings. The van der Waals surface area contributed by atoms with E-state index in [0.29, 0.717) is 17.1 Å². The number of halogens is 2. The Kier molecular flexibility index (Phi) is 3.99. The van der Waals surface area contributed by atoms with E-state index in [2.05, 4.69) is 22.9 Å². The monoisotopic (exact) mass is 330 g/mol. The molecular weight excluding hydrogens is 316 g/mol. The number of hydrogen-bond donors (Lipinski definition) is 1. The van der Waals surface area contributed by atoms with Gasteiger partial charge in [-0.3, -0.25) is 4.79 Å². The molecule has 1 saturated heterocycles. The maximum absolute atomic E-state index is 12.4. The van der Waals surface area contributed by atoms with Gasteiger partial charge in [0.25, 0.3) is 5.91 Å². The summed E-state index contributed by atoms with van der Waals surface area (Å²) in [5.41, 5.74) is 6.46. The van der Waals surface area contributed by atoms with Crippen LogP contribution in [0.3, 0.4) is 0 Å². The first-order valence-corrected chi connectivity index (χ1v) is 7.07. The van der Waals surface area contributed by atoms with E-state index in [-0.39, 0.29) is 11.3 Å². The van der Waals surface area contributed by atoms with Gasteiger partial charge in [-0.2, -0.15) is 0 Å². The van der Waals surface area contributed by atoms with Crippen LogP contribution in [0, 0.1) is 5.41 Å². The van der Waals surface area contributed by atoms with Gasteiger partial charge in [0.15, 0.2) is 0 Å². The molecule has 1 aromatic carbocycles. The Labute approximate surface area is 120 Å². The van der Waals surface area contributed by atoms with Gasteiger partial charge in [0.2, 0.25) is 0 Å². The molecule has 0 radical (unpaired) electrons. The Morgan fingerprint density at radius 2 is 2.33 bits per heavy atom. The van der Waals surface area contributed by atoms with Crippen molar-refractivity contribution in [2.75, 3.05) is 19.6 Å². The lowest BCUT2D eigenvalue weighted by Crippen LogP contribution is -2.34. The maximum Gasteiger partial charge on any atom is 0.255 e. The average Bonchev–Trinajstić information content (AvgIpc) is 2.72. The van der Waals surface area contributed by atoms with E-state index in [9.17, 15) is 4.79 Å². The van der Waals surface area contributed by atoms with Gasteiger partial charge in [0.05, 0.1) is 5.56 Å². The van der Waals surface area contributed by atoms with Crippen LogP contribution in [0.15, 0.2) is 22.7 Å². The fraction of sp³-hybridized carbons (Fsp3) is 0.462. The standard InChI is InChI=1S/C13H16BrClN2O/c1-13(7-16)4-5-17(8-13)12(18)10-3-2-9(15)6-11(10)14/h2-3,6H,4-5,7-8,16H2,1H3. The highest BCUT2D eigenvalue weighted by Gasteiger charge is 2.35. The Morgan fingerprint density at radius 3 is 2.89 bits per heavy atom. The molecule has 5 heteroatoms. The highest BCUT2D eigenvalue weighted by molar-refractivity contribution is 9.10. The molecule has 1 fully saturated rings. The van der Waals surface area contributed by atoms with Crippen LogP contribution < -0.4 is 5.73 Å². The van der Waals surface area contributed by atoms with Crippen LogP contribution in [-0.2, 0) is 0 Å². The molecule has 1 aliphatic heterocycles. The smallest absolute Gasteiger partial charge is 0.255 e. The summed E-state index contributed by atoms with van der Waals surface area (Å²) in [4.78, 5) is 14.3. The van der Waals surface area contributed by atoms with Crippen LogP contribution in [0.25, 0.3) is 0 Å². The molecule has 2 N–H and O–H groups in total. The van der Waals surface area contributed by atoms with Crippen LogP contribution in [0.5, 0.6) is 0 Å². The first kappa shape index (κ1) is 13.8. The van der Waals surface area contributed by atoms with Crippen molar-refractivity contribution in [2.45, 2.75) is 13.3 Å². The zero-order chi connectivity index (χ0) is 13.3. The van der Waals surface area contributed by atoms with Crippen molar-refractivity contribution in [1.82, 2.24) is 4.90 Å². The van der Waals surface area contributed by atoms with Crippen LogP contribution in [0.2, 0.25) is 5.02 Å². The van der Waals surface area contributed by atoms with E-state index in [4.69, 9.17) is 17.3 Å². The highest BCUT2D eigenvalue weighted by Crippen LogP contribution is 2.31. The second kappa shape index (κ2) is 5.19. The maximum atomic E-state index is 12.4. The molecule has 1 amide bonds. The van der Waals surface area contributed by atoms with Crippen molar-refractivity contribution in [3.63, 3.8) is 0 Å². The number of carbonyl (C=O) groups excluding carboxylic acids is 1. The summed E-state index contributed by atoms with van der Waals surface area (Å²) in [6, 6.07) is 5.23. The van der Waals surface area contributed by atoms with Crippen LogP contribution in [0.1, 0.15) is 23.7 Å². The number of nitrogens with two attached hydrogens (primary N) is 1. The van der Waals surface area contributed by atoms with E-state index >= 15 is 0 Å². The third-order valence-electron chi connectivity index (χ3n) is 3.50. The van der Waals surface area contributed by atoms with Crippen molar-refractivity contribution in [2.24, 2.45) is 11.1 Å². The van der Waals surface area contributed by atoms with E-state index < -0.39 is 0 Å². The number of nitrogens with zero attached hydrogens (tertiary/aromatic N) is 1. The number of likely N-dealkylation sites (tertiary alicyclic amines) is 1. The SMILES string of the molecule is CC1(CN)CCN(C(=O)c2ccc(Cl)cc2Br)C1. The zero-order valence-corrected chi connectivity index (χ0v) is 12.6. The number of hydrogen-bond acceptors (Lipinski definition) is 2. The molecule has 0 saturated carbocycles. The van der Waals surface area contributed by atoms with Crippen LogP contribution >= 0.6 is 27.5 Å². The fourth-order valence-electron chi connectivity index (χ4n) is 2.20. The molecule has 1 atom stereocenters. The molecule has 0 aliphatic carbocycles. The van der Waals surface area contributed by atoms with E-state index in [1.165, 1.54) is 0 Å². The minimum atomic E-state index is 0.0377. The molecule has 0 aromatic heterocycles. The van der Waals surface area contributed by atoms with Gasteiger partial charge in [-0.15, -0.1) is 0 Å². The minimum Gasteiger partial charge on any atom is -0.338 e. The molecule has 1 unspecified atom stereocenters. The summed E-state index contributed by atoms with van der Waals surface area (Å²) >= 11 is 9.26. The van der Waals surface area contributed by atoms with E-state index in [0.717, 1.165) is 24.0 Å². The van der Waals surface area contributed by atoms with Gasteiger partial charge in [0.1, 0.15) is 0 Å². The Morgan fingerprint density at radius 1 is 1.61 bits per heavy atom. The predicted octanol–water partition coefficient (Wildman–Crippen LogP) is 2.91. The first-order chi connectivity index (χ1) is 8.45. The van der Waals surface area contributed by atoms with Gasteiger partial charge in [-0.25, -0.2) is 0 Å². The molecule has 0 bridgehead atoms. The second-order valence-electron chi connectivity index (χ2n) is 5.12. The quantitative estimate of drug-likeness (QED) is 0.905. The molecule has 2 rings (SSSR count). The Balaban J connectivity index is 2.18. The van der Waals surface area contributed by atoms with Crippen molar-refractivity contribution < 1.29 is 4.79 Å². The predicted molar refractivity (Wildman–Crippen MR) is 76.8 cm³/mol. The molecule has 3 nitrogen and oxygen atoms in total. The van der Waals surface area contributed by atoms with Crippen molar-refractivity contribution >= 4 is 33.4 Å². The van der Waals surface area contributed by atoms with Gasteiger partial charge < -0.3 is 10.6 Å². The van der Waals surface area contributed by atoms with Crippen molar-refractivity contribution in [1.29, 1.82) is 0 Å². The molecular formula is C13H16BrClN2O. The number of rotatable bonds is 2. The van der Waals surface area contributed by atoms with Crippen LogP contribution in [0.4, 0.5) is 0 Å². The van der Waals surface area contributed by atoms with Gasteiger partial charge >= 0.3 is 0 Å². The first-order valence-electron chi connectivity index (χ1n) is 5.90. The normalized spacial score (nSPS) is 23.4. The zero-order valence-electron chi connectivity index (χ0n) is 10.2. The Bertz CT molecular complexity index is 480. The summed E-state index contributed by atoms with van der Waals surface area (Å²) in [7, 11) is 0. The molecule has 18 heavy (non-hydrogen) atoms. The third-order valence-corrected chi connectivity index (χ3v) is 4.39. The van der Waals surface area contributed by atoms with E-state index in [1.807, 2.05) is 4.90 Å². The summed E-state index contributed by atoms with van der Waals surface area (Å²) in [6.45, 7) is 4.22. The molecule has 1 heterocycles. The molecule has 98 valence electrons. The lowest BCUT2D eigenvalue weighted by atomic mass is 9.90. The molecule has 1 aliphatic rings. The van der Waals surface area contributed by atoms with Gasteiger partial charge in [-0.1, -0.05) is 18.5 Å². The van der Waals surface area contributed by atoms with Crippen LogP contribution in [-0.4, -0.2) is 30.4 Å². The number of amides is 1. The van der Waals surface area contributed by atoms with E-state index in [1.54, 1.807) is 18.2 Å². The summed E-state index contributed by atoms with van der Waals surface area (Å²) < 4.78 is 0.737. The Hall–Kier alpha value is -0.580. The number of benzene rings is 1. The summed E-state index contributed by atoms with van der Waals surface area (Å²) in [5, 5.41) is 0.617. The molecule has 0 spiro atoms. The van der Waals surface area contributed by atoms with Gasteiger partial charge in [-0.05, 0) is 52.5 Å². The summed E-state index contributed by atoms with van der Waals surface area (Å²) in [6.07, 6.45) is 0.959. The summed E-state index contributed by atoms with van der Waals surface area (Å²) in [5.74, 6) is 0.0377. The third kappa shape index (κ3) is 2.71. The lowest BCUT2D eigenvalue weighted by Gasteiger charge is -2.22. The average molecular weight is 332 g/mol. The highest BCUT2D eigenvalue weighted by atomic mass is 79.9. The minimum absolute atomic E-state index is 0.0377. The largest absolute Gasteiger partial charge is 0.338 e. The van der Waals surface area contributed by atoms with Crippen molar-refractivity contribution in [3.8, 4) is 0 Å². The van der Waals surface area contributed by atoms with Gasteiger partial charge in [0, 0.05) is 22.6 Å². The lowest BCUT2D eigenvalue weighted by molar-refractivity contribution is 0.0776. The fourth-order valence-corrected chi connectivity index (χ4v) is 3.05.